The molecular formula is C18H24N2O. The molecule has 3 rings (SSSR count). The molecular weight excluding hydrogens is 260 g/mol. The topological polar surface area (TPSA) is 32.3 Å². The third-order valence-electron chi connectivity index (χ3n) is 4.62. The maximum atomic E-state index is 12.2. The highest BCUT2D eigenvalue weighted by Gasteiger charge is 2.26. The van der Waals surface area contributed by atoms with E-state index in [9.17, 15) is 4.79 Å². The molecule has 2 unspecified atom stereocenters. The van der Waals surface area contributed by atoms with Crippen LogP contribution in [0.4, 0.5) is 5.69 Å². The Bertz CT molecular complexity index is 497. The maximum absolute atomic E-state index is 12.2. The van der Waals surface area contributed by atoms with Gasteiger partial charge in [-0.05, 0) is 44.2 Å². The highest BCUT2D eigenvalue weighted by molar-refractivity contribution is 5.79. The predicted molar refractivity (Wildman–Crippen MR) is 86.3 cm³/mol. The minimum atomic E-state index is 0.182. The van der Waals surface area contributed by atoms with Gasteiger partial charge in [-0.2, -0.15) is 0 Å². The monoisotopic (exact) mass is 284 g/mol. The summed E-state index contributed by atoms with van der Waals surface area (Å²) in [4.78, 5) is 14.7. The van der Waals surface area contributed by atoms with Crippen LogP contribution in [0.5, 0.6) is 0 Å². The molecule has 2 atom stereocenters. The van der Waals surface area contributed by atoms with E-state index in [1.54, 1.807) is 0 Å². The van der Waals surface area contributed by atoms with E-state index in [-0.39, 0.29) is 11.8 Å². The van der Waals surface area contributed by atoms with Crippen LogP contribution >= 0.6 is 0 Å². The average Bonchev–Trinajstić information content (AvgIpc) is 3.03. The number of benzene rings is 1. The van der Waals surface area contributed by atoms with Crippen LogP contribution in [0.15, 0.2) is 42.5 Å². The van der Waals surface area contributed by atoms with Crippen molar-refractivity contribution >= 4 is 11.6 Å². The van der Waals surface area contributed by atoms with Crippen LogP contribution in [0.1, 0.15) is 32.1 Å². The lowest BCUT2D eigenvalue weighted by molar-refractivity contribution is -0.125. The molecule has 1 N–H and O–H groups in total. The SMILES string of the molecule is O=C(NCC1CCCN1c1ccccc1)C1CC=CCC1. The Morgan fingerprint density at radius 3 is 2.81 bits per heavy atom. The lowest BCUT2D eigenvalue weighted by Gasteiger charge is -2.28. The van der Waals surface area contributed by atoms with Crippen LogP contribution < -0.4 is 10.2 Å². The van der Waals surface area contributed by atoms with Gasteiger partial charge in [0.2, 0.25) is 5.91 Å². The van der Waals surface area contributed by atoms with Crippen LogP contribution in [0.2, 0.25) is 0 Å². The summed E-state index contributed by atoms with van der Waals surface area (Å²) in [5.74, 6) is 0.417. The summed E-state index contributed by atoms with van der Waals surface area (Å²) in [6.07, 6.45) is 9.63. The zero-order chi connectivity index (χ0) is 14.5. The van der Waals surface area contributed by atoms with Gasteiger partial charge < -0.3 is 10.2 Å². The van der Waals surface area contributed by atoms with Crippen LogP contribution in [0.25, 0.3) is 0 Å². The number of nitrogens with zero attached hydrogens (tertiary/aromatic N) is 1. The summed E-state index contributed by atoms with van der Waals surface area (Å²) in [5.41, 5.74) is 1.27. The van der Waals surface area contributed by atoms with Gasteiger partial charge in [0.1, 0.15) is 0 Å². The normalized spacial score (nSPS) is 25.0. The van der Waals surface area contributed by atoms with Crippen molar-refractivity contribution in [2.75, 3.05) is 18.0 Å². The molecule has 0 saturated carbocycles. The first-order chi connectivity index (χ1) is 10.3. The van der Waals surface area contributed by atoms with Gasteiger partial charge in [-0.25, -0.2) is 0 Å². The molecule has 0 spiro atoms. The van der Waals surface area contributed by atoms with Crippen LogP contribution in [0.3, 0.4) is 0 Å². The Balaban J connectivity index is 1.54. The average molecular weight is 284 g/mol. The Morgan fingerprint density at radius 1 is 1.19 bits per heavy atom. The summed E-state index contributed by atoms with van der Waals surface area (Å²) in [6, 6.07) is 11.0. The molecule has 21 heavy (non-hydrogen) atoms. The minimum Gasteiger partial charge on any atom is -0.367 e. The third-order valence-corrected chi connectivity index (χ3v) is 4.62. The fraction of sp³-hybridized carbons (Fsp3) is 0.500. The fourth-order valence-corrected chi connectivity index (χ4v) is 3.40. The minimum absolute atomic E-state index is 0.182. The number of nitrogens with one attached hydrogen (secondary N) is 1. The number of carbonyl (C=O) groups excluding carboxylic acids is 1. The molecule has 0 radical (unpaired) electrons. The maximum Gasteiger partial charge on any atom is 0.223 e. The molecule has 0 bridgehead atoms. The number of rotatable bonds is 4. The zero-order valence-electron chi connectivity index (χ0n) is 12.5. The van der Waals surface area contributed by atoms with Crippen LogP contribution in [-0.4, -0.2) is 25.0 Å². The van der Waals surface area contributed by atoms with E-state index in [1.807, 2.05) is 6.07 Å². The van der Waals surface area contributed by atoms with Gasteiger partial charge in [-0.15, -0.1) is 0 Å². The second-order valence-electron chi connectivity index (χ2n) is 6.05. The van der Waals surface area contributed by atoms with Crippen molar-refractivity contribution in [2.45, 2.75) is 38.1 Å². The van der Waals surface area contributed by atoms with E-state index in [0.29, 0.717) is 6.04 Å². The van der Waals surface area contributed by atoms with Gasteiger partial charge in [0, 0.05) is 30.7 Å². The predicted octanol–water partition coefficient (Wildman–Crippen LogP) is 3.13. The van der Waals surface area contributed by atoms with E-state index in [0.717, 1.165) is 32.4 Å². The number of hydrogen-bond donors (Lipinski definition) is 1. The summed E-state index contributed by atoms with van der Waals surface area (Å²) in [7, 11) is 0. The lowest BCUT2D eigenvalue weighted by atomic mass is 9.93. The van der Waals surface area contributed by atoms with Gasteiger partial charge >= 0.3 is 0 Å². The zero-order valence-corrected chi connectivity index (χ0v) is 12.5. The van der Waals surface area contributed by atoms with Gasteiger partial charge in [0.15, 0.2) is 0 Å². The van der Waals surface area contributed by atoms with Crippen LogP contribution in [0, 0.1) is 5.92 Å². The molecule has 1 aliphatic heterocycles. The van der Waals surface area contributed by atoms with E-state index < -0.39 is 0 Å². The third kappa shape index (κ3) is 3.46. The van der Waals surface area contributed by atoms with Crippen molar-refractivity contribution in [1.29, 1.82) is 0 Å². The van der Waals surface area contributed by atoms with Crippen molar-refractivity contribution < 1.29 is 4.79 Å². The molecule has 1 saturated heterocycles. The van der Waals surface area contributed by atoms with Crippen molar-refractivity contribution in [3.8, 4) is 0 Å². The quantitative estimate of drug-likeness (QED) is 0.862. The highest BCUT2D eigenvalue weighted by Crippen LogP contribution is 2.25. The molecule has 1 heterocycles. The molecule has 3 nitrogen and oxygen atoms in total. The lowest BCUT2D eigenvalue weighted by Crippen LogP contribution is -2.42. The first-order valence-electron chi connectivity index (χ1n) is 8.09. The van der Waals surface area contributed by atoms with Gasteiger partial charge in [-0.3, -0.25) is 4.79 Å². The van der Waals surface area contributed by atoms with Gasteiger partial charge in [0.25, 0.3) is 0 Å². The summed E-state index contributed by atoms with van der Waals surface area (Å²) < 4.78 is 0. The molecule has 1 aromatic rings. The molecule has 0 aromatic heterocycles. The van der Waals surface area contributed by atoms with Crippen molar-refractivity contribution in [1.82, 2.24) is 5.32 Å². The highest BCUT2D eigenvalue weighted by atomic mass is 16.1. The molecule has 1 fully saturated rings. The van der Waals surface area contributed by atoms with E-state index in [2.05, 4.69) is 46.6 Å². The molecule has 1 amide bonds. The Hall–Kier alpha value is -1.77. The standard InChI is InChI=1S/C18H24N2O/c21-18(15-8-3-1-4-9-15)19-14-17-12-7-13-20(17)16-10-5-2-6-11-16/h1-3,5-6,10-11,15,17H,4,7-9,12-14H2,(H,19,21). The van der Waals surface area contributed by atoms with Crippen molar-refractivity contribution in [3.63, 3.8) is 0 Å². The number of hydrogen-bond acceptors (Lipinski definition) is 2. The smallest absolute Gasteiger partial charge is 0.223 e. The Morgan fingerprint density at radius 2 is 2.05 bits per heavy atom. The van der Waals surface area contributed by atoms with Gasteiger partial charge in [-0.1, -0.05) is 30.4 Å². The van der Waals surface area contributed by atoms with E-state index in [1.165, 1.54) is 18.5 Å². The number of allylic oxidation sites excluding steroid dienone is 2. The molecule has 1 aliphatic carbocycles. The molecule has 112 valence electrons. The summed E-state index contributed by atoms with van der Waals surface area (Å²) in [6.45, 7) is 1.87. The number of para-hydroxylation sites is 1. The van der Waals surface area contributed by atoms with Crippen LogP contribution in [-0.2, 0) is 4.79 Å². The van der Waals surface area contributed by atoms with E-state index >= 15 is 0 Å². The Labute approximate surface area is 127 Å². The van der Waals surface area contributed by atoms with Gasteiger partial charge in [0.05, 0.1) is 0 Å². The first kappa shape index (κ1) is 14.2. The number of carbonyl (C=O) groups is 1. The summed E-state index contributed by atoms with van der Waals surface area (Å²) >= 11 is 0. The number of anilines is 1. The summed E-state index contributed by atoms with van der Waals surface area (Å²) in [5, 5.41) is 3.18. The largest absolute Gasteiger partial charge is 0.367 e. The van der Waals surface area contributed by atoms with Crippen molar-refractivity contribution in [2.24, 2.45) is 5.92 Å². The fourth-order valence-electron chi connectivity index (χ4n) is 3.40. The second kappa shape index (κ2) is 6.79. The number of amides is 1. The van der Waals surface area contributed by atoms with E-state index in [4.69, 9.17) is 0 Å². The first-order valence-corrected chi connectivity index (χ1v) is 8.09. The molecule has 2 aliphatic rings. The Kier molecular flexibility index (Phi) is 4.59. The second-order valence-corrected chi connectivity index (χ2v) is 6.05. The molecule has 1 aromatic carbocycles. The van der Waals surface area contributed by atoms with Crippen molar-refractivity contribution in [3.05, 3.63) is 42.5 Å². The molecule has 3 heteroatoms.